The molecule has 7 nitrogen and oxygen atoms in total. The molecule has 0 aromatic heterocycles. The Morgan fingerprint density at radius 3 is 2.29 bits per heavy atom. The number of piperidine rings is 1. The third-order valence-corrected chi connectivity index (χ3v) is 5.40. The summed E-state index contributed by atoms with van der Waals surface area (Å²) in [7, 11) is -3.52. The van der Waals surface area contributed by atoms with Crippen LogP contribution >= 0.6 is 0 Å². The lowest BCUT2D eigenvalue weighted by Crippen LogP contribution is -2.53. The molecule has 0 unspecified atom stereocenters. The molecule has 1 saturated heterocycles. The summed E-state index contributed by atoms with van der Waals surface area (Å²) in [6, 6.07) is 0.409. The van der Waals surface area contributed by atoms with Gasteiger partial charge in [-0.25, -0.2) is 17.9 Å². The van der Waals surface area contributed by atoms with Crippen LogP contribution in [0.15, 0.2) is 0 Å². The number of carboxylic acid groups (broad SMARTS) is 1. The highest BCUT2D eigenvalue weighted by Gasteiger charge is 2.30. The van der Waals surface area contributed by atoms with Gasteiger partial charge in [-0.3, -0.25) is 0 Å². The van der Waals surface area contributed by atoms with Gasteiger partial charge in [0.15, 0.2) is 0 Å². The SMILES string of the molecule is CC(C)N1CCC(NS(=O)(=O)CC(C)(C)NC(=O)O)CC1. The number of carbonyl (C=O) groups is 1. The molecule has 0 radical (unpaired) electrons. The molecule has 1 fully saturated rings. The lowest BCUT2D eigenvalue weighted by atomic mass is 10.1. The number of amides is 1. The number of hydrogen-bond donors (Lipinski definition) is 3. The summed E-state index contributed by atoms with van der Waals surface area (Å²) in [5.74, 6) is -0.267. The summed E-state index contributed by atoms with van der Waals surface area (Å²) < 4.78 is 27.0. The summed E-state index contributed by atoms with van der Waals surface area (Å²) in [6.45, 7) is 9.13. The molecule has 1 aliphatic heterocycles. The summed E-state index contributed by atoms with van der Waals surface area (Å²) in [4.78, 5) is 13.0. The molecule has 1 amide bonds. The van der Waals surface area contributed by atoms with Gasteiger partial charge in [0.1, 0.15) is 0 Å². The van der Waals surface area contributed by atoms with E-state index in [2.05, 4.69) is 28.8 Å². The Balaban J connectivity index is 2.52. The minimum atomic E-state index is -3.52. The van der Waals surface area contributed by atoms with Gasteiger partial charge in [0, 0.05) is 12.1 Å². The number of rotatable bonds is 6. The monoisotopic (exact) mass is 321 g/mol. The van der Waals surface area contributed by atoms with E-state index in [4.69, 9.17) is 5.11 Å². The average Bonchev–Trinajstić information content (AvgIpc) is 2.24. The standard InChI is InChI=1S/C13H27N3O4S/c1-10(2)16-7-5-11(6-8-16)15-21(19,20)9-13(3,4)14-12(17)18/h10-11,14-15H,5-9H2,1-4H3,(H,17,18). The largest absolute Gasteiger partial charge is 0.465 e. The van der Waals surface area contributed by atoms with Crippen molar-refractivity contribution < 1.29 is 18.3 Å². The highest BCUT2D eigenvalue weighted by molar-refractivity contribution is 7.89. The Morgan fingerprint density at radius 1 is 1.33 bits per heavy atom. The smallest absolute Gasteiger partial charge is 0.405 e. The minimum Gasteiger partial charge on any atom is -0.465 e. The van der Waals surface area contributed by atoms with E-state index in [0.717, 1.165) is 25.9 Å². The second-order valence-electron chi connectivity index (χ2n) is 6.59. The van der Waals surface area contributed by atoms with Crippen molar-refractivity contribution in [2.75, 3.05) is 18.8 Å². The maximum Gasteiger partial charge on any atom is 0.405 e. The van der Waals surface area contributed by atoms with Gasteiger partial charge in [0.25, 0.3) is 0 Å². The van der Waals surface area contributed by atoms with Crippen molar-refractivity contribution >= 4 is 16.1 Å². The van der Waals surface area contributed by atoms with E-state index in [9.17, 15) is 13.2 Å². The lowest BCUT2D eigenvalue weighted by molar-refractivity contribution is 0.168. The van der Waals surface area contributed by atoms with Gasteiger partial charge < -0.3 is 15.3 Å². The van der Waals surface area contributed by atoms with Gasteiger partial charge in [-0.1, -0.05) is 0 Å². The second kappa shape index (κ2) is 6.93. The molecule has 1 aliphatic rings. The van der Waals surface area contributed by atoms with Crippen LogP contribution in [0.3, 0.4) is 0 Å². The Morgan fingerprint density at radius 2 is 1.86 bits per heavy atom. The average molecular weight is 321 g/mol. The van der Waals surface area contributed by atoms with E-state index in [0.29, 0.717) is 6.04 Å². The number of likely N-dealkylation sites (tertiary alicyclic amines) is 1. The highest BCUT2D eigenvalue weighted by Crippen LogP contribution is 2.15. The molecule has 0 aliphatic carbocycles. The maximum atomic E-state index is 12.2. The normalized spacial score (nSPS) is 18.9. The van der Waals surface area contributed by atoms with Crippen LogP contribution in [0, 0.1) is 0 Å². The van der Waals surface area contributed by atoms with Gasteiger partial charge in [-0.15, -0.1) is 0 Å². The van der Waals surface area contributed by atoms with Crippen molar-refractivity contribution in [2.45, 2.75) is 58.2 Å². The zero-order chi connectivity index (χ0) is 16.3. The molecule has 0 aromatic carbocycles. The fraction of sp³-hybridized carbons (Fsp3) is 0.923. The first-order valence-corrected chi connectivity index (χ1v) is 8.91. The van der Waals surface area contributed by atoms with Gasteiger partial charge in [0.05, 0.1) is 11.3 Å². The Hall–Kier alpha value is -0.860. The van der Waals surface area contributed by atoms with Crippen LogP contribution in [0.4, 0.5) is 4.79 Å². The number of hydrogen-bond acceptors (Lipinski definition) is 4. The molecule has 0 spiro atoms. The van der Waals surface area contributed by atoms with E-state index >= 15 is 0 Å². The fourth-order valence-electron chi connectivity index (χ4n) is 2.63. The van der Waals surface area contributed by atoms with Gasteiger partial charge in [0.2, 0.25) is 10.0 Å². The van der Waals surface area contributed by atoms with E-state index in [-0.39, 0.29) is 11.8 Å². The first-order chi connectivity index (χ1) is 9.51. The quantitative estimate of drug-likeness (QED) is 0.673. The molecule has 124 valence electrons. The predicted octanol–water partition coefficient (Wildman–Crippen LogP) is 0.825. The molecule has 3 N–H and O–H groups in total. The van der Waals surface area contributed by atoms with Crippen molar-refractivity contribution in [2.24, 2.45) is 0 Å². The van der Waals surface area contributed by atoms with Crippen LogP contribution in [0.5, 0.6) is 0 Å². The molecule has 1 heterocycles. The van der Waals surface area contributed by atoms with E-state index in [1.165, 1.54) is 0 Å². The summed E-state index contributed by atoms with van der Waals surface area (Å²) in [5.41, 5.74) is -1.02. The summed E-state index contributed by atoms with van der Waals surface area (Å²) >= 11 is 0. The van der Waals surface area contributed by atoms with E-state index in [1.54, 1.807) is 13.8 Å². The molecule has 8 heteroatoms. The highest BCUT2D eigenvalue weighted by atomic mass is 32.2. The number of nitrogens with zero attached hydrogens (tertiary/aromatic N) is 1. The Bertz CT molecular complexity index is 454. The van der Waals surface area contributed by atoms with Gasteiger partial charge >= 0.3 is 6.09 Å². The second-order valence-corrected chi connectivity index (χ2v) is 8.35. The zero-order valence-electron chi connectivity index (χ0n) is 13.2. The third-order valence-electron chi connectivity index (χ3n) is 3.60. The number of sulfonamides is 1. The molecule has 1 rings (SSSR count). The number of nitrogens with one attached hydrogen (secondary N) is 2. The van der Waals surface area contributed by atoms with Crippen molar-refractivity contribution in [3.8, 4) is 0 Å². The predicted molar refractivity (Wildman–Crippen MR) is 81.9 cm³/mol. The van der Waals surface area contributed by atoms with Crippen LogP contribution in [-0.4, -0.2) is 61.0 Å². The molecule has 0 aromatic rings. The van der Waals surface area contributed by atoms with Crippen LogP contribution in [-0.2, 0) is 10.0 Å². The molecular formula is C13H27N3O4S. The molecule has 0 bridgehead atoms. The topological polar surface area (TPSA) is 98.7 Å². The Kier molecular flexibility index (Phi) is 6.01. The molecular weight excluding hydrogens is 294 g/mol. The fourth-order valence-corrected chi connectivity index (χ4v) is 4.48. The van der Waals surface area contributed by atoms with E-state index < -0.39 is 21.7 Å². The molecule has 0 saturated carbocycles. The van der Waals surface area contributed by atoms with Crippen molar-refractivity contribution in [3.05, 3.63) is 0 Å². The maximum absolute atomic E-state index is 12.2. The van der Waals surface area contributed by atoms with Gasteiger partial charge in [-0.05, 0) is 53.6 Å². The summed E-state index contributed by atoms with van der Waals surface area (Å²) in [5, 5.41) is 10.9. The molecule has 21 heavy (non-hydrogen) atoms. The Labute approximate surface area is 127 Å². The van der Waals surface area contributed by atoms with Crippen molar-refractivity contribution in [3.63, 3.8) is 0 Å². The summed E-state index contributed by atoms with van der Waals surface area (Å²) in [6.07, 6.45) is 0.342. The zero-order valence-corrected chi connectivity index (χ0v) is 14.0. The van der Waals surface area contributed by atoms with Crippen LogP contribution in [0.2, 0.25) is 0 Å². The molecule has 0 atom stereocenters. The first-order valence-electron chi connectivity index (χ1n) is 7.26. The van der Waals surface area contributed by atoms with Crippen LogP contribution < -0.4 is 10.0 Å². The lowest BCUT2D eigenvalue weighted by Gasteiger charge is -2.35. The minimum absolute atomic E-state index is 0.0642. The first kappa shape index (κ1) is 18.2. The van der Waals surface area contributed by atoms with Gasteiger partial charge in [-0.2, -0.15) is 0 Å². The van der Waals surface area contributed by atoms with Crippen molar-refractivity contribution in [1.82, 2.24) is 14.9 Å². The van der Waals surface area contributed by atoms with Crippen LogP contribution in [0.1, 0.15) is 40.5 Å². The van der Waals surface area contributed by atoms with E-state index in [1.807, 2.05) is 0 Å². The third kappa shape index (κ3) is 6.62. The van der Waals surface area contributed by atoms with Crippen LogP contribution in [0.25, 0.3) is 0 Å². The van der Waals surface area contributed by atoms with Crippen molar-refractivity contribution in [1.29, 1.82) is 0 Å².